The molecule has 2 amide bonds. The summed E-state index contributed by atoms with van der Waals surface area (Å²) in [4.78, 5) is 26.9. The summed E-state index contributed by atoms with van der Waals surface area (Å²) >= 11 is 6.14. The van der Waals surface area contributed by atoms with E-state index in [1.807, 2.05) is 0 Å². The number of benzene rings is 2. The largest absolute Gasteiger partial charge is 0.490 e. The van der Waals surface area contributed by atoms with Gasteiger partial charge in [0.25, 0.3) is 11.8 Å². The van der Waals surface area contributed by atoms with Crippen molar-refractivity contribution in [2.24, 2.45) is 0 Å². The second-order valence-electron chi connectivity index (χ2n) is 7.65. The third kappa shape index (κ3) is 5.31. The first-order valence-corrected chi connectivity index (χ1v) is 10.6. The highest BCUT2D eigenvalue weighted by Gasteiger charge is 2.27. The first-order chi connectivity index (χ1) is 15.8. The van der Waals surface area contributed by atoms with Crippen molar-refractivity contribution in [2.45, 2.75) is 25.9 Å². The quantitative estimate of drug-likeness (QED) is 0.570. The fourth-order valence-corrected chi connectivity index (χ4v) is 3.75. The average Bonchev–Trinajstić information content (AvgIpc) is 3.24. The van der Waals surface area contributed by atoms with E-state index in [0.717, 1.165) is 6.07 Å². The molecule has 1 saturated heterocycles. The Labute approximate surface area is 193 Å². The van der Waals surface area contributed by atoms with Crippen molar-refractivity contribution in [1.82, 2.24) is 10.1 Å². The van der Waals surface area contributed by atoms with E-state index in [0.29, 0.717) is 37.4 Å². The zero-order chi connectivity index (χ0) is 23.5. The van der Waals surface area contributed by atoms with Crippen molar-refractivity contribution in [2.75, 3.05) is 18.4 Å². The monoisotopic (exact) mass is 475 g/mol. The molecular weight excluding hydrogens is 456 g/mol. The van der Waals surface area contributed by atoms with Crippen LogP contribution in [0.1, 0.15) is 39.4 Å². The predicted molar refractivity (Wildman–Crippen MR) is 117 cm³/mol. The zero-order valence-electron chi connectivity index (χ0n) is 17.6. The van der Waals surface area contributed by atoms with Crippen LogP contribution in [0, 0.1) is 18.6 Å². The second kappa shape index (κ2) is 9.58. The summed E-state index contributed by atoms with van der Waals surface area (Å²) in [6, 6.07) is 9.38. The van der Waals surface area contributed by atoms with Crippen LogP contribution in [-0.4, -0.2) is 41.1 Å². The fraction of sp³-hybridized carbons (Fsp3) is 0.261. The lowest BCUT2D eigenvalue weighted by molar-refractivity contribution is 0.0595. The molecule has 0 bridgehead atoms. The van der Waals surface area contributed by atoms with E-state index in [1.165, 1.54) is 24.3 Å². The van der Waals surface area contributed by atoms with Crippen LogP contribution in [0.25, 0.3) is 0 Å². The van der Waals surface area contributed by atoms with Crippen LogP contribution in [0.15, 0.2) is 47.0 Å². The van der Waals surface area contributed by atoms with Gasteiger partial charge in [0.05, 0.1) is 16.3 Å². The molecule has 0 aliphatic carbocycles. The van der Waals surface area contributed by atoms with Crippen LogP contribution >= 0.6 is 11.6 Å². The number of amides is 2. The number of halogens is 3. The Bertz CT molecular complexity index is 1170. The van der Waals surface area contributed by atoms with Crippen molar-refractivity contribution < 1.29 is 27.6 Å². The summed E-state index contributed by atoms with van der Waals surface area (Å²) in [5.41, 5.74) is -0.136. The van der Waals surface area contributed by atoms with Crippen LogP contribution in [0.2, 0.25) is 5.02 Å². The summed E-state index contributed by atoms with van der Waals surface area (Å²) in [5, 5.41) is 5.92. The Kier molecular flexibility index (Phi) is 6.60. The number of aryl methyl sites for hydroxylation is 1. The van der Waals surface area contributed by atoms with Gasteiger partial charge in [-0.05, 0) is 43.3 Å². The molecule has 0 saturated carbocycles. The molecule has 0 radical (unpaired) electrons. The molecule has 172 valence electrons. The van der Waals surface area contributed by atoms with Gasteiger partial charge in [0.2, 0.25) is 0 Å². The van der Waals surface area contributed by atoms with Crippen LogP contribution in [-0.2, 0) is 0 Å². The number of rotatable bonds is 5. The molecule has 1 aliphatic rings. The molecule has 3 aromatic rings. The van der Waals surface area contributed by atoms with E-state index in [1.54, 1.807) is 24.0 Å². The Balaban J connectivity index is 1.42. The number of ether oxygens (including phenoxy) is 1. The Morgan fingerprint density at radius 1 is 1.15 bits per heavy atom. The van der Waals surface area contributed by atoms with Crippen molar-refractivity contribution >= 4 is 29.1 Å². The third-order valence-corrected chi connectivity index (χ3v) is 5.55. The Morgan fingerprint density at radius 3 is 2.48 bits per heavy atom. The summed E-state index contributed by atoms with van der Waals surface area (Å²) in [7, 11) is 0. The molecule has 0 spiro atoms. The molecule has 1 fully saturated rings. The normalized spacial score (nSPS) is 14.2. The smallest absolute Gasteiger partial charge is 0.277 e. The molecule has 1 aromatic heterocycles. The number of hydrogen-bond acceptors (Lipinski definition) is 5. The highest BCUT2D eigenvalue weighted by Crippen LogP contribution is 2.28. The standard InChI is InChI=1S/C23H20ClF2N3O4/c1-13-10-21(28-33-13)22(30)27-20-11-17(18(24)12-19(20)26)23(31)29-8-6-16(7-9-29)32-15-4-2-14(25)3-5-15/h2-5,10-12,16H,6-9H2,1H3,(H,27,30). The lowest BCUT2D eigenvalue weighted by Gasteiger charge is -2.32. The van der Waals surface area contributed by atoms with Crippen molar-refractivity contribution in [3.8, 4) is 5.75 Å². The number of nitrogens with one attached hydrogen (secondary N) is 1. The van der Waals surface area contributed by atoms with Gasteiger partial charge in [0, 0.05) is 32.0 Å². The fourth-order valence-electron chi connectivity index (χ4n) is 3.52. The SMILES string of the molecule is Cc1cc(C(=O)Nc2cc(C(=O)N3CCC(Oc4ccc(F)cc4)CC3)c(Cl)cc2F)no1. The zero-order valence-corrected chi connectivity index (χ0v) is 18.4. The highest BCUT2D eigenvalue weighted by molar-refractivity contribution is 6.34. The van der Waals surface area contributed by atoms with Gasteiger partial charge in [-0.15, -0.1) is 0 Å². The average molecular weight is 476 g/mol. The van der Waals surface area contributed by atoms with Gasteiger partial charge >= 0.3 is 0 Å². The lowest BCUT2D eigenvalue weighted by atomic mass is 10.1. The number of hydrogen-bond donors (Lipinski definition) is 1. The molecule has 1 aliphatic heterocycles. The maximum atomic E-state index is 14.4. The van der Waals surface area contributed by atoms with Gasteiger partial charge in [0.15, 0.2) is 5.69 Å². The second-order valence-corrected chi connectivity index (χ2v) is 8.06. The first kappa shape index (κ1) is 22.7. The van der Waals surface area contributed by atoms with E-state index in [4.69, 9.17) is 20.9 Å². The van der Waals surface area contributed by atoms with Gasteiger partial charge in [-0.2, -0.15) is 0 Å². The van der Waals surface area contributed by atoms with Crippen molar-refractivity contribution in [3.63, 3.8) is 0 Å². The van der Waals surface area contributed by atoms with E-state index >= 15 is 0 Å². The number of carbonyl (C=O) groups excluding carboxylic acids is 2. The minimum absolute atomic E-state index is 0.0158. The summed E-state index contributed by atoms with van der Waals surface area (Å²) in [5.74, 6) is -1.19. The van der Waals surface area contributed by atoms with E-state index in [2.05, 4.69) is 10.5 Å². The maximum Gasteiger partial charge on any atom is 0.277 e. The van der Waals surface area contributed by atoms with Gasteiger partial charge in [-0.1, -0.05) is 16.8 Å². The molecule has 10 heteroatoms. The molecule has 2 aromatic carbocycles. The van der Waals surface area contributed by atoms with Gasteiger partial charge in [-0.25, -0.2) is 8.78 Å². The van der Waals surface area contributed by atoms with Crippen LogP contribution in [0.3, 0.4) is 0 Å². The molecular formula is C23H20ClF2N3O4. The van der Waals surface area contributed by atoms with Crippen molar-refractivity contribution in [3.05, 3.63) is 76.1 Å². The number of likely N-dealkylation sites (tertiary alicyclic amines) is 1. The Hall–Kier alpha value is -3.46. The molecule has 2 heterocycles. The molecule has 7 nitrogen and oxygen atoms in total. The number of carbonyl (C=O) groups is 2. The number of anilines is 1. The van der Waals surface area contributed by atoms with Crippen LogP contribution < -0.4 is 10.1 Å². The molecule has 0 unspecified atom stereocenters. The van der Waals surface area contributed by atoms with Gasteiger partial charge in [-0.3, -0.25) is 9.59 Å². The molecule has 4 rings (SSSR count). The van der Waals surface area contributed by atoms with Crippen LogP contribution in [0.5, 0.6) is 5.75 Å². The lowest BCUT2D eigenvalue weighted by Crippen LogP contribution is -2.42. The minimum Gasteiger partial charge on any atom is -0.490 e. The topological polar surface area (TPSA) is 84.7 Å². The predicted octanol–water partition coefficient (Wildman–Crippen LogP) is 4.85. The van der Waals surface area contributed by atoms with Crippen molar-refractivity contribution in [1.29, 1.82) is 0 Å². The number of nitrogens with zero attached hydrogens (tertiary/aromatic N) is 2. The van der Waals surface area contributed by atoms with E-state index in [-0.39, 0.29) is 39.8 Å². The van der Waals surface area contributed by atoms with Crippen LogP contribution in [0.4, 0.5) is 14.5 Å². The molecule has 33 heavy (non-hydrogen) atoms. The number of piperidine rings is 1. The molecule has 1 N–H and O–H groups in total. The van der Waals surface area contributed by atoms with Gasteiger partial charge in [0.1, 0.15) is 29.2 Å². The third-order valence-electron chi connectivity index (χ3n) is 5.24. The molecule has 0 atom stereocenters. The summed E-state index contributed by atoms with van der Waals surface area (Å²) in [6.45, 7) is 2.42. The summed E-state index contributed by atoms with van der Waals surface area (Å²) in [6.07, 6.45) is 1.01. The van der Waals surface area contributed by atoms with E-state index < -0.39 is 11.7 Å². The maximum absolute atomic E-state index is 14.4. The summed E-state index contributed by atoms with van der Waals surface area (Å²) < 4.78 is 38.1. The van der Waals surface area contributed by atoms with E-state index in [9.17, 15) is 18.4 Å². The van der Waals surface area contributed by atoms with Gasteiger partial charge < -0.3 is 19.5 Å². The first-order valence-electron chi connectivity index (χ1n) is 10.3. The highest BCUT2D eigenvalue weighted by atomic mass is 35.5. The Morgan fingerprint density at radius 2 is 1.85 bits per heavy atom. The number of aromatic nitrogens is 1. The minimum atomic E-state index is -0.781.